The maximum atomic E-state index is 13.0. The van der Waals surface area contributed by atoms with Crippen molar-refractivity contribution in [2.75, 3.05) is 0 Å². The van der Waals surface area contributed by atoms with E-state index in [1.54, 1.807) is 30.7 Å². The van der Waals surface area contributed by atoms with Crippen LogP contribution in [0.15, 0.2) is 55.1 Å². The smallest absolute Gasteiger partial charge is 0.155 e. The first-order valence-electron chi connectivity index (χ1n) is 6.40. The normalized spacial score (nSPS) is 11.1. The predicted molar refractivity (Wildman–Crippen MR) is 76.4 cm³/mol. The Bertz CT molecular complexity index is 907. The van der Waals surface area contributed by atoms with Gasteiger partial charge in [-0.1, -0.05) is 0 Å². The van der Waals surface area contributed by atoms with Crippen LogP contribution in [0, 0.1) is 5.82 Å². The standard InChI is InChI=1S/C15H10FN5/c16-12-3-1-10(2-4-12)15-17-5-6-21(15)13-7-11-8-19-20-14(11)18-9-13/h1-9H,(H,18,19,20). The lowest BCUT2D eigenvalue weighted by Crippen LogP contribution is -1.97. The van der Waals surface area contributed by atoms with Gasteiger partial charge in [0.2, 0.25) is 0 Å². The summed E-state index contributed by atoms with van der Waals surface area (Å²) in [6.07, 6.45) is 7.02. The van der Waals surface area contributed by atoms with Gasteiger partial charge in [-0.05, 0) is 30.3 Å². The Morgan fingerprint density at radius 3 is 2.76 bits per heavy atom. The number of nitrogens with one attached hydrogen (secondary N) is 1. The lowest BCUT2D eigenvalue weighted by atomic mass is 10.2. The average molecular weight is 279 g/mol. The van der Waals surface area contributed by atoms with Gasteiger partial charge in [0, 0.05) is 23.3 Å². The molecule has 1 aromatic carbocycles. The molecule has 0 atom stereocenters. The number of H-pyrrole nitrogens is 1. The number of hydrogen-bond acceptors (Lipinski definition) is 3. The zero-order valence-corrected chi connectivity index (χ0v) is 10.9. The SMILES string of the molecule is Fc1ccc(-c2nccn2-c2cnc3[nH]ncc3c2)cc1. The van der Waals surface area contributed by atoms with Gasteiger partial charge < -0.3 is 0 Å². The molecule has 0 amide bonds. The Morgan fingerprint density at radius 1 is 1.05 bits per heavy atom. The Labute approximate surface area is 119 Å². The molecule has 0 aliphatic heterocycles. The number of aromatic nitrogens is 5. The lowest BCUT2D eigenvalue weighted by Gasteiger charge is -2.07. The van der Waals surface area contributed by atoms with E-state index in [1.807, 2.05) is 16.8 Å². The monoisotopic (exact) mass is 279 g/mol. The van der Waals surface area contributed by atoms with Gasteiger partial charge in [0.25, 0.3) is 0 Å². The van der Waals surface area contributed by atoms with Gasteiger partial charge in [-0.2, -0.15) is 5.10 Å². The van der Waals surface area contributed by atoms with Crippen LogP contribution in [-0.2, 0) is 0 Å². The van der Waals surface area contributed by atoms with Crippen LogP contribution in [0.3, 0.4) is 0 Å². The first-order valence-corrected chi connectivity index (χ1v) is 6.40. The predicted octanol–water partition coefficient (Wildman–Crippen LogP) is 2.95. The molecular formula is C15H10FN5. The van der Waals surface area contributed by atoms with E-state index < -0.39 is 0 Å². The molecule has 4 aromatic rings. The topological polar surface area (TPSA) is 59.4 Å². The molecule has 0 unspecified atom stereocenters. The number of hydrogen-bond donors (Lipinski definition) is 1. The van der Waals surface area contributed by atoms with Gasteiger partial charge in [0.15, 0.2) is 5.65 Å². The number of benzene rings is 1. The van der Waals surface area contributed by atoms with Crippen molar-refractivity contribution in [2.24, 2.45) is 0 Å². The van der Waals surface area contributed by atoms with E-state index in [2.05, 4.69) is 20.2 Å². The van der Waals surface area contributed by atoms with Crippen molar-refractivity contribution >= 4 is 11.0 Å². The molecule has 0 aliphatic carbocycles. The number of rotatable bonds is 2. The molecule has 3 heterocycles. The van der Waals surface area contributed by atoms with Crippen LogP contribution in [0.1, 0.15) is 0 Å². The Kier molecular flexibility index (Phi) is 2.53. The Morgan fingerprint density at radius 2 is 1.90 bits per heavy atom. The van der Waals surface area contributed by atoms with Gasteiger partial charge in [-0.3, -0.25) is 9.67 Å². The second-order valence-electron chi connectivity index (χ2n) is 4.63. The van der Waals surface area contributed by atoms with E-state index in [1.165, 1.54) is 12.1 Å². The third-order valence-corrected chi connectivity index (χ3v) is 3.30. The summed E-state index contributed by atoms with van der Waals surface area (Å²) in [4.78, 5) is 8.67. The minimum atomic E-state index is -0.265. The summed E-state index contributed by atoms with van der Waals surface area (Å²) in [5.74, 6) is 0.470. The maximum Gasteiger partial charge on any atom is 0.155 e. The molecule has 0 saturated carbocycles. The van der Waals surface area contributed by atoms with E-state index in [0.717, 1.165) is 28.1 Å². The minimum Gasteiger partial charge on any atom is -0.298 e. The summed E-state index contributed by atoms with van der Waals surface area (Å²) >= 11 is 0. The zero-order valence-electron chi connectivity index (χ0n) is 10.9. The highest BCUT2D eigenvalue weighted by Crippen LogP contribution is 2.22. The number of pyridine rings is 1. The number of aromatic amines is 1. The molecule has 21 heavy (non-hydrogen) atoms. The molecule has 0 fully saturated rings. The van der Waals surface area contributed by atoms with E-state index >= 15 is 0 Å². The van der Waals surface area contributed by atoms with Gasteiger partial charge in [-0.25, -0.2) is 14.4 Å². The summed E-state index contributed by atoms with van der Waals surface area (Å²) < 4.78 is 15.0. The molecule has 4 rings (SSSR count). The average Bonchev–Trinajstić information content (AvgIpc) is 3.16. The molecule has 0 aliphatic rings. The lowest BCUT2D eigenvalue weighted by molar-refractivity contribution is 0.628. The first-order chi connectivity index (χ1) is 10.3. The van der Waals surface area contributed by atoms with Crippen LogP contribution in [0.5, 0.6) is 0 Å². The van der Waals surface area contributed by atoms with Crippen molar-refractivity contribution in [2.45, 2.75) is 0 Å². The highest BCUT2D eigenvalue weighted by molar-refractivity contribution is 5.76. The largest absolute Gasteiger partial charge is 0.298 e. The number of fused-ring (bicyclic) bond motifs is 1. The Balaban J connectivity index is 1.85. The molecular weight excluding hydrogens is 269 g/mol. The maximum absolute atomic E-state index is 13.0. The van der Waals surface area contributed by atoms with Crippen molar-refractivity contribution in [3.8, 4) is 17.1 Å². The summed E-state index contributed by atoms with van der Waals surface area (Å²) in [5.41, 5.74) is 2.46. The summed E-state index contributed by atoms with van der Waals surface area (Å²) in [7, 11) is 0. The fourth-order valence-electron chi connectivity index (χ4n) is 2.28. The molecule has 3 aromatic heterocycles. The van der Waals surface area contributed by atoms with Crippen molar-refractivity contribution in [1.29, 1.82) is 0 Å². The van der Waals surface area contributed by atoms with Crippen LogP contribution in [0.25, 0.3) is 28.1 Å². The van der Waals surface area contributed by atoms with Crippen LogP contribution in [0.4, 0.5) is 4.39 Å². The van der Waals surface area contributed by atoms with Gasteiger partial charge >= 0.3 is 0 Å². The van der Waals surface area contributed by atoms with Gasteiger partial charge in [-0.15, -0.1) is 0 Å². The molecule has 6 heteroatoms. The fourth-order valence-corrected chi connectivity index (χ4v) is 2.28. The molecule has 1 N–H and O–H groups in total. The van der Waals surface area contributed by atoms with E-state index in [4.69, 9.17) is 0 Å². The second kappa shape index (κ2) is 4.52. The molecule has 5 nitrogen and oxygen atoms in total. The molecule has 0 bridgehead atoms. The zero-order chi connectivity index (χ0) is 14.2. The van der Waals surface area contributed by atoms with Crippen LogP contribution in [-0.4, -0.2) is 24.7 Å². The fraction of sp³-hybridized carbons (Fsp3) is 0. The molecule has 0 spiro atoms. The third kappa shape index (κ3) is 1.97. The molecule has 102 valence electrons. The number of nitrogens with zero attached hydrogens (tertiary/aromatic N) is 4. The van der Waals surface area contributed by atoms with Crippen LogP contribution in [0.2, 0.25) is 0 Å². The third-order valence-electron chi connectivity index (χ3n) is 3.30. The number of halogens is 1. The van der Waals surface area contributed by atoms with E-state index in [9.17, 15) is 4.39 Å². The highest BCUT2D eigenvalue weighted by atomic mass is 19.1. The molecule has 0 saturated heterocycles. The summed E-state index contributed by atoms with van der Waals surface area (Å²) in [6.45, 7) is 0. The van der Waals surface area contributed by atoms with Gasteiger partial charge in [0.05, 0.1) is 18.1 Å². The Hall–Kier alpha value is -3.02. The second-order valence-corrected chi connectivity index (χ2v) is 4.63. The van der Waals surface area contributed by atoms with Crippen molar-refractivity contribution < 1.29 is 4.39 Å². The van der Waals surface area contributed by atoms with Gasteiger partial charge in [0.1, 0.15) is 11.6 Å². The van der Waals surface area contributed by atoms with Crippen molar-refractivity contribution in [3.63, 3.8) is 0 Å². The van der Waals surface area contributed by atoms with Crippen molar-refractivity contribution in [3.05, 3.63) is 60.9 Å². The summed E-state index contributed by atoms with van der Waals surface area (Å²) in [6, 6.07) is 8.23. The van der Waals surface area contributed by atoms with Crippen molar-refractivity contribution in [1.82, 2.24) is 24.7 Å². The summed E-state index contributed by atoms with van der Waals surface area (Å²) in [5, 5.41) is 7.70. The van der Waals surface area contributed by atoms with E-state index in [0.29, 0.717) is 0 Å². The minimum absolute atomic E-state index is 0.265. The highest BCUT2D eigenvalue weighted by Gasteiger charge is 2.09. The van der Waals surface area contributed by atoms with E-state index in [-0.39, 0.29) is 5.82 Å². The first kappa shape index (κ1) is 11.8. The molecule has 0 radical (unpaired) electrons. The van der Waals surface area contributed by atoms with Crippen LogP contribution < -0.4 is 0 Å². The number of imidazole rings is 1. The van der Waals surface area contributed by atoms with Crippen LogP contribution >= 0.6 is 0 Å². The quantitative estimate of drug-likeness (QED) is 0.613.